The molecule has 0 unspecified atom stereocenters. The van der Waals surface area contributed by atoms with Crippen LogP contribution in [0.1, 0.15) is 0 Å². The van der Waals surface area contributed by atoms with Crippen LogP contribution in [0, 0.1) is 10.1 Å². The van der Waals surface area contributed by atoms with Crippen molar-refractivity contribution in [2.24, 2.45) is 0 Å². The van der Waals surface area contributed by atoms with Crippen LogP contribution in [0.2, 0.25) is 0 Å². The van der Waals surface area contributed by atoms with E-state index in [1.165, 1.54) is 13.2 Å². The van der Waals surface area contributed by atoms with Gasteiger partial charge < -0.3 is 4.74 Å². The lowest BCUT2D eigenvalue weighted by atomic mass is 10.1. The number of ether oxygens (including phenoxy) is 1. The molecule has 0 saturated heterocycles. The largest absolute Gasteiger partial charge is 0.497 e. The van der Waals surface area contributed by atoms with Crippen LogP contribution in [0.5, 0.6) is 5.75 Å². The van der Waals surface area contributed by atoms with E-state index in [-0.39, 0.29) is 5.69 Å². The number of hydrogen-bond donors (Lipinski definition) is 0. The highest BCUT2D eigenvalue weighted by molar-refractivity contribution is 5.71. The van der Waals surface area contributed by atoms with Crippen LogP contribution in [0.15, 0.2) is 42.6 Å². The Morgan fingerprint density at radius 3 is 2.71 bits per heavy atom. The van der Waals surface area contributed by atoms with Crippen molar-refractivity contribution in [1.82, 2.24) is 4.98 Å². The number of nitrogens with zero attached hydrogens (tertiary/aromatic N) is 2. The normalized spacial score (nSPS) is 9.94. The maximum Gasteiger partial charge on any atom is 0.282 e. The molecule has 0 spiro atoms. The first-order valence-corrected chi connectivity index (χ1v) is 4.96. The highest BCUT2D eigenvalue weighted by Crippen LogP contribution is 2.31. The highest BCUT2D eigenvalue weighted by atomic mass is 16.6. The number of hydrogen-bond acceptors (Lipinski definition) is 4. The molecule has 86 valence electrons. The fraction of sp³-hybridized carbons (Fsp3) is 0.0833. The lowest BCUT2D eigenvalue weighted by Gasteiger charge is -2.04. The second-order valence-electron chi connectivity index (χ2n) is 3.36. The van der Waals surface area contributed by atoms with Gasteiger partial charge in [0.25, 0.3) is 5.69 Å². The summed E-state index contributed by atoms with van der Waals surface area (Å²) in [5, 5.41) is 11.0. The van der Waals surface area contributed by atoms with Gasteiger partial charge in [0.15, 0.2) is 0 Å². The number of nitro benzene ring substituents is 1. The van der Waals surface area contributed by atoms with E-state index in [1.54, 1.807) is 36.5 Å². The van der Waals surface area contributed by atoms with E-state index in [9.17, 15) is 10.1 Å². The van der Waals surface area contributed by atoms with Crippen LogP contribution in [0.25, 0.3) is 11.3 Å². The number of nitro groups is 1. The van der Waals surface area contributed by atoms with Crippen LogP contribution >= 0.6 is 0 Å². The molecule has 1 heterocycles. The molecule has 0 bridgehead atoms. The van der Waals surface area contributed by atoms with Crippen LogP contribution in [0.4, 0.5) is 5.69 Å². The molecule has 0 aliphatic heterocycles. The minimum absolute atomic E-state index is 0.0111. The van der Waals surface area contributed by atoms with Crippen LogP contribution in [-0.4, -0.2) is 17.0 Å². The zero-order valence-corrected chi connectivity index (χ0v) is 9.16. The summed E-state index contributed by atoms with van der Waals surface area (Å²) in [5.74, 6) is 0.455. The second-order valence-corrected chi connectivity index (χ2v) is 3.36. The summed E-state index contributed by atoms with van der Waals surface area (Å²) in [6, 6.07) is 9.99. The number of rotatable bonds is 3. The Balaban J connectivity index is 2.58. The van der Waals surface area contributed by atoms with Crippen LogP contribution in [-0.2, 0) is 0 Å². The van der Waals surface area contributed by atoms with Crippen molar-refractivity contribution in [3.05, 3.63) is 52.7 Å². The topological polar surface area (TPSA) is 65.3 Å². The molecule has 2 aromatic rings. The molecule has 5 heteroatoms. The lowest BCUT2D eigenvalue weighted by molar-refractivity contribution is -0.384. The number of aromatic nitrogens is 1. The summed E-state index contributed by atoms with van der Waals surface area (Å²) in [6.45, 7) is 0. The molecule has 1 aromatic heterocycles. The van der Waals surface area contributed by atoms with Gasteiger partial charge in [0.05, 0.1) is 29.4 Å². The van der Waals surface area contributed by atoms with Gasteiger partial charge in [-0.3, -0.25) is 15.1 Å². The van der Waals surface area contributed by atoms with Gasteiger partial charge in [0, 0.05) is 6.20 Å². The molecule has 0 aliphatic rings. The molecule has 0 N–H and O–H groups in total. The van der Waals surface area contributed by atoms with E-state index in [4.69, 9.17) is 4.74 Å². The van der Waals surface area contributed by atoms with E-state index in [2.05, 4.69) is 4.98 Å². The molecular weight excluding hydrogens is 220 g/mol. The van der Waals surface area contributed by atoms with Gasteiger partial charge in [0.2, 0.25) is 0 Å². The number of benzene rings is 1. The van der Waals surface area contributed by atoms with Gasteiger partial charge in [-0.1, -0.05) is 6.07 Å². The maximum atomic E-state index is 11.0. The first-order chi connectivity index (χ1) is 8.22. The molecule has 0 amide bonds. The SMILES string of the molecule is COc1ccc(-c2ccccn2)c([N+](=O)[O-])c1. The summed E-state index contributed by atoms with van der Waals surface area (Å²) >= 11 is 0. The molecule has 0 aliphatic carbocycles. The van der Waals surface area contributed by atoms with Gasteiger partial charge in [-0.05, 0) is 24.3 Å². The number of pyridine rings is 1. The average Bonchev–Trinajstić information content (AvgIpc) is 2.39. The monoisotopic (exact) mass is 230 g/mol. The van der Waals surface area contributed by atoms with Crippen molar-refractivity contribution < 1.29 is 9.66 Å². The Bertz CT molecular complexity index is 541. The van der Waals surface area contributed by atoms with Gasteiger partial charge in [-0.15, -0.1) is 0 Å². The molecular formula is C12H10N2O3. The van der Waals surface area contributed by atoms with Crippen molar-refractivity contribution in [3.8, 4) is 17.0 Å². The molecule has 0 radical (unpaired) electrons. The first-order valence-electron chi connectivity index (χ1n) is 4.96. The number of methoxy groups -OCH3 is 1. The zero-order chi connectivity index (χ0) is 12.3. The van der Waals surface area contributed by atoms with E-state index in [1.807, 2.05) is 0 Å². The molecule has 17 heavy (non-hydrogen) atoms. The third-order valence-electron chi connectivity index (χ3n) is 2.34. The molecule has 2 rings (SSSR count). The fourth-order valence-corrected chi connectivity index (χ4v) is 1.53. The molecule has 0 atom stereocenters. The Hall–Kier alpha value is -2.43. The first kappa shape index (κ1) is 11.1. The molecule has 0 fully saturated rings. The van der Waals surface area contributed by atoms with E-state index >= 15 is 0 Å². The summed E-state index contributed by atoms with van der Waals surface area (Å²) in [7, 11) is 1.47. The van der Waals surface area contributed by atoms with Crippen molar-refractivity contribution in [1.29, 1.82) is 0 Å². The van der Waals surface area contributed by atoms with Gasteiger partial charge in [0.1, 0.15) is 5.75 Å². The Kier molecular flexibility index (Phi) is 3.00. The highest BCUT2D eigenvalue weighted by Gasteiger charge is 2.17. The van der Waals surface area contributed by atoms with Crippen LogP contribution < -0.4 is 4.74 Å². The van der Waals surface area contributed by atoms with Gasteiger partial charge >= 0.3 is 0 Å². The summed E-state index contributed by atoms with van der Waals surface area (Å²) in [6.07, 6.45) is 1.60. The maximum absolute atomic E-state index is 11.0. The van der Waals surface area contributed by atoms with Gasteiger partial charge in [-0.2, -0.15) is 0 Å². The lowest BCUT2D eigenvalue weighted by Crippen LogP contribution is -1.94. The minimum Gasteiger partial charge on any atom is -0.497 e. The van der Waals surface area contributed by atoms with E-state index in [0.29, 0.717) is 17.0 Å². The third kappa shape index (κ3) is 2.23. The van der Waals surface area contributed by atoms with Crippen molar-refractivity contribution in [3.63, 3.8) is 0 Å². The standard InChI is InChI=1S/C12H10N2O3/c1-17-9-5-6-10(12(8-9)14(15)16)11-4-2-3-7-13-11/h2-8H,1H3. The predicted molar refractivity (Wildman–Crippen MR) is 62.9 cm³/mol. The zero-order valence-electron chi connectivity index (χ0n) is 9.16. The quantitative estimate of drug-likeness (QED) is 0.600. The van der Waals surface area contributed by atoms with E-state index < -0.39 is 4.92 Å². The summed E-state index contributed by atoms with van der Waals surface area (Å²) in [5.41, 5.74) is 1.04. The van der Waals surface area contributed by atoms with E-state index in [0.717, 1.165) is 0 Å². The van der Waals surface area contributed by atoms with Crippen molar-refractivity contribution >= 4 is 5.69 Å². The van der Waals surface area contributed by atoms with Crippen LogP contribution in [0.3, 0.4) is 0 Å². The summed E-state index contributed by atoms with van der Waals surface area (Å²) < 4.78 is 4.97. The Morgan fingerprint density at radius 2 is 2.12 bits per heavy atom. The van der Waals surface area contributed by atoms with Crippen molar-refractivity contribution in [2.75, 3.05) is 7.11 Å². The molecule has 5 nitrogen and oxygen atoms in total. The fourth-order valence-electron chi connectivity index (χ4n) is 1.53. The third-order valence-corrected chi connectivity index (χ3v) is 2.34. The summed E-state index contributed by atoms with van der Waals surface area (Å²) in [4.78, 5) is 14.6. The Labute approximate surface area is 97.8 Å². The molecule has 0 saturated carbocycles. The average molecular weight is 230 g/mol. The second kappa shape index (κ2) is 4.61. The minimum atomic E-state index is -0.438. The van der Waals surface area contributed by atoms with Crippen molar-refractivity contribution in [2.45, 2.75) is 0 Å². The van der Waals surface area contributed by atoms with Gasteiger partial charge in [-0.25, -0.2) is 0 Å². The molecule has 1 aromatic carbocycles. The smallest absolute Gasteiger partial charge is 0.282 e. The Morgan fingerprint density at radius 1 is 1.29 bits per heavy atom. The predicted octanol–water partition coefficient (Wildman–Crippen LogP) is 2.67.